The Morgan fingerprint density at radius 3 is 2.43 bits per heavy atom. The minimum absolute atomic E-state index is 0.0755. The van der Waals surface area contributed by atoms with Crippen molar-refractivity contribution in [3.8, 4) is 5.69 Å². The van der Waals surface area contributed by atoms with Crippen LogP contribution in [0.15, 0.2) is 70.0 Å². The molecule has 140 valence electrons. The lowest BCUT2D eigenvalue weighted by molar-refractivity contribution is -0.113. The zero-order valence-corrected chi connectivity index (χ0v) is 18.6. The van der Waals surface area contributed by atoms with Gasteiger partial charge in [-0.05, 0) is 61.9 Å². The average Bonchev–Trinajstić information content (AvgIpc) is 3.11. The number of carbonyl (C=O) groups is 1. The second kappa shape index (κ2) is 7.70. The molecule has 1 saturated heterocycles. The van der Waals surface area contributed by atoms with E-state index in [-0.39, 0.29) is 5.91 Å². The van der Waals surface area contributed by atoms with Crippen molar-refractivity contribution >= 4 is 61.9 Å². The van der Waals surface area contributed by atoms with E-state index in [2.05, 4.69) is 52.5 Å². The second-order valence-electron chi connectivity index (χ2n) is 6.49. The number of amides is 1. The van der Waals surface area contributed by atoms with Gasteiger partial charge in [0.15, 0.2) is 4.32 Å². The Bertz CT molecular complexity index is 1120. The van der Waals surface area contributed by atoms with Crippen LogP contribution in [0.5, 0.6) is 0 Å². The molecule has 1 aliphatic rings. The molecule has 0 spiro atoms. The van der Waals surface area contributed by atoms with Gasteiger partial charge in [-0.15, -0.1) is 0 Å². The van der Waals surface area contributed by atoms with E-state index in [0.717, 1.165) is 32.8 Å². The number of para-hydroxylation sites is 1. The number of thiocarbonyl (C=S) groups is 1. The van der Waals surface area contributed by atoms with Gasteiger partial charge < -0.3 is 4.57 Å². The molecule has 1 fully saturated rings. The molecular weight excluding hydrogens is 452 g/mol. The summed E-state index contributed by atoms with van der Waals surface area (Å²) in [7, 11) is 0. The molecule has 0 radical (unpaired) electrons. The number of aryl methyl sites for hydroxylation is 1. The third-order valence-electron chi connectivity index (χ3n) is 4.63. The number of rotatable bonds is 3. The Morgan fingerprint density at radius 2 is 1.71 bits per heavy atom. The molecule has 3 nitrogen and oxygen atoms in total. The van der Waals surface area contributed by atoms with E-state index >= 15 is 0 Å². The quantitative estimate of drug-likeness (QED) is 0.334. The van der Waals surface area contributed by atoms with Gasteiger partial charge in [0.1, 0.15) is 0 Å². The van der Waals surface area contributed by atoms with Crippen LogP contribution >= 0.6 is 39.9 Å². The van der Waals surface area contributed by atoms with Gasteiger partial charge in [-0.1, -0.05) is 64.2 Å². The molecule has 0 saturated carbocycles. The Labute approximate surface area is 182 Å². The Kier molecular flexibility index (Phi) is 5.27. The second-order valence-corrected chi connectivity index (χ2v) is 9.09. The van der Waals surface area contributed by atoms with Crippen molar-refractivity contribution in [2.45, 2.75) is 13.8 Å². The standard InChI is InChI=1S/C22H17BrN2OS2/c1-14-11-16(15(2)24(14)19-10-6-7-17(23)13-19)12-20-21(26)25(22(27)28-20)18-8-4-3-5-9-18/h3-13H,1-2H3/b20-12+. The lowest BCUT2D eigenvalue weighted by Crippen LogP contribution is -2.27. The van der Waals surface area contributed by atoms with Crippen LogP contribution in [0.3, 0.4) is 0 Å². The molecule has 1 aliphatic heterocycles. The van der Waals surface area contributed by atoms with Gasteiger partial charge in [-0.2, -0.15) is 0 Å². The zero-order chi connectivity index (χ0) is 19.8. The molecule has 2 aromatic carbocycles. The molecule has 0 atom stereocenters. The topological polar surface area (TPSA) is 25.2 Å². The number of thioether (sulfide) groups is 1. The van der Waals surface area contributed by atoms with Crippen molar-refractivity contribution in [1.82, 2.24) is 4.57 Å². The number of hydrogen-bond acceptors (Lipinski definition) is 3. The molecule has 0 bridgehead atoms. The number of carbonyl (C=O) groups excluding carboxylic acids is 1. The third kappa shape index (κ3) is 3.48. The maximum absolute atomic E-state index is 13.0. The van der Waals surface area contributed by atoms with E-state index in [0.29, 0.717) is 9.23 Å². The maximum atomic E-state index is 13.0. The molecule has 0 unspecified atom stereocenters. The summed E-state index contributed by atoms with van der Waals surface area (Å²) in [6.45, 7) is 4.14. The van der Waals surface area contributed by atoms with E-state index in [4.69, 9.17) is 12.2 Å². The lowest BCUT2D eigenvalue weighted by atomic mass is 10.2. The van der Waals surface area contributed by atoms with Crippen LogP contribution in [-0.2, 0) is 4.79 Å². The summed E-state index contributed by atoms with van der Waals surface area (Å²) in [6.07, 6.45) is 1.94. The third-order valence-corrected chi connectivity index (χ3v) is 6.43. The monoisotopic (exact) mass is 468 g/mol. The van der Waals surface area contributed by atoms with E-state index in [1.165, 1.54) is 11.8 Å². The van der Waals surface area contributed by atoms with Crippen LogP contribution in [0, 0.1) is 13.8 Å². The lowest BCUT2D eigenvalue weighted by Gasteiger charge is -2.13. The van der Waals surface area contributed by atoms with Crippen molar-refractivity contribution < 1.29 is 4.79 Å². The van der Waals surface area contributed by atoms with Crippen LogP contribution in [0.2, 0.25) is 0 Å². The largest absolute Gasteiger partial charge is 0.318 e. The van der Waals surface area contributed by atoms with Gasteiger partial charge in [-0.25, -0.2) is 0 Å². The number of hydrogen-bond donors (Lipinski definition) is 0. The van der Waals surface area contributed by atoms with Crippen molar-refractivity contribution in [2.24, 2.45) is 0 Å². The summed E-state index contributed by atoms with van der Waals surface area (Å²) in [5.74, 6) is -0.0755. The van der Waals surface area contributed by atoms with Gasteiger partial charge >= 0.3 is 0 Å². The molecule has 3 aromatic rings. The molecule has 4 rings (SSSR count). The zero-order valence-electron chi connectivity index (χ0n) is 15.3. The van der Waals surface area contributed by atoms with Crippen molar-refractivity contribution in [1.29, 1.82) is 0 Å². The molecule has 2 heterocycles. The van der Waals surface area contributed by atoms with Crippen LogP contribution in [-0.4, -0.2) is 14.8 Å². The highest BCUT2D eigenvalue weighted by atomic mass is 79.9. The fraction of sp³-hybridized carbons (Fsp3) is 0.0909. The predicted molar refractivity (Wildman–Crippen MR) is 125 cm³/mol. The number of nitrogens with zero attached hydrogens (tertiary/aromatic N) is 2. The van der Waals surface area contributed by atoms with Crippen molar-refractivity contribution in [2.75, 3.05) is 4.90 Å². The van der Waals surface area contributed by atoms with Crippen molar-refractivity contribution in [3.63, 3.8) is 0 Å². The average molecular weight is 469 g/mol. The fourth-order valence-corrected chi connectivity index (χ4v) is 5.03. The highest BCUT2D eigenvalue weighted by Crippen LogP contribution is 2.36. The van der Waals surface area contributed by atoms with Gasteiger partial charge in [-0.3, -0.25) is 9.69 Å². The van der Waals surface area contributed by atoms with E-state index < -0.39 is 0 Å². The molecule has 1 aromatic heterocycles. The molecule has 0 N–H and O–H groups in total. The first kappa shape index (κ1) is 19.2. The molecule has 6 heteroatoms. The molecule has 1 amide bonds. The normalized spacial score (nSPS) is 15.7. The van der Waals surface area contributed by atoms with Gasteiger partial charge in [0.25, 0.3) is 5.91 Å². The number of halogens is 1. The minimum atomic E-state index is -0.0755. The molecule has 28 heavy (non-hydrogen) atoms. The highest BCUT2D eigenvalue weighted by Gasteiger charge is 2.33. The summed E-state index contributed by atoms with van der Waals surface area (Å²) in [4.78, 5) is 15.2. The van der Waals surface area contributed by atoms with Gasteiger partial charge in [0.2, 0.25) is 0 Å². The summed E-state index contributed by atoms with van der Waals surface area (Å²) >= 11 is 10.3. The van der Waals surface area contributed by atoms with Gasteiger partial charge in [0, 0.05) is 21.5 Å². The van der Waals surface area contributed by atoms with Crippen LogP contribution in [0.4, 0.5) is 5.69 Å². The Hall–Kier alpha value is -2.15. The van der Waals surface area contributed by atoms with E-state index in [9.17, 15) is 4.79 Å². The summed E-state index contributed by atoms with van der Waals surface area (Å²) in [5.41, 5.74) is 5.10. The Morgan fingerprint density at radius 1 is 1.00 bits per heavy atom. The molecular formula is C22H17BrN2OS2. The summed E-state index contributed by atoms with van der Waals surface area (Å²) in [5, 5.41) is 0. The SMILES string of the molecule is Cc1cc(/C=C2/SC(=S)N(c3ccccc3)C2=O)c(C)n1-c1cccc(Br)c1. The van der Waals surface area contributed by atoms with E-state index in [1.807, 2.05) is 48.5 Å². The Balaban J connectivity index is 1.72. The van der Waals surface area contributed by atoms with Crippen LogP contribution < -0.4 is 4.90 Å². The minimum Gasteiger partial charge on any atom is -0.318 e. The first-order valence-electron chi connectivity index (χ1n) is 8.73. The van der Waals surface area contributed by atoms with E-state index in [1.54, 1.807) is 4.90 Å². The smallest absolute Gasteiger partial charge is 0.270 e. The first-order valence-corrected chi connectivity index (χ1v) is 10.8. The van der Waals surface area contributed by atoms with Crippen LogP contribution in [0.25, 0.3) is 11.8 Å². The number of anilines is 1. The number of aromatic nitrogens is 1. The van der Waals surface area contributed by atoms with Gasteiger partial charge in [0.05, 0.1) is 10.6 Å². The highest BCUT2D eigenvalue weighted by molar-refractivity contribution is 9.10. The fourth-order valence-electron chi connectivity index (χ4n) is 3.35. The first-order chi connectivity index (χ1) is 13.5. The van der Waals surface area contributed by atoms with Crippen LogP contribution in [0.1, 0.15) is 17.0 Å². The van der Waals surface area contributed by atoms with Crippen molar-refractivity contribution in [3.05, 3.63) is 87.0 Å². The molecule has 0 aliphatic carbocycles. The predicted octanol–water partition coefficient (Wildman–Crippen LogP) is 6.26. The number of benzene rings is 2. The summed E-state index contributed by atoms with van der Waals surface area (Å²) in [6, 6.07) is 19.8. The maximum Gasteiger partial charge on any atom is 0.270 e. The summed E-state index contributed by atoms with van der Waals surface area (Å²) < 4.78 is 3.78.